The second-order valence-corrected chi connectivity index (χ2v) is 3.15. The molecule has 0 amide bonds. The van der Waals surface area contributed by atoms with Gasteiger partial charge in [-0.05, 0) is 17.5 Å². The molecule has 0 fully saturated rings. The van der Waals surface area contributed by atoms with Crippen LogP contribution in [0, 0.1) is 0 Å². The third-order valence-electron chi connectivity index (χ3n) is 2.07. The molecular weight excluding hydrogens is 186 g/mol. The van der Waals surface area contributed by atoms with E-state index in [-0.39, 0.29) is 0 Å². The van der Waals surface area contributed by atoms with Gasteiger partial charge in [-0.15, -0.1) is 0 Å². The molecule has 0 aliphatic heterocycles. The van der Waals surface area contributed by atoms with Crippen molar-refractivity contribution in [3.63, 3.8) is 0 Å². The van der Waals surface area contributed by atoms with Crippen LogP contribution in [0.3, 0.4) is 0 Å². The number of fused-ring (bicyclic) bond motifs is 2. The predicted molar refractivity (Wildman–Crippen MR) is 61.7 cm³/mol. The van der Waals surface area contributed by atoms with Crippen molar-refractivity contribution in [1.29, 1.82) is 0 Å². The van der Waals surface area contributed by atoms with Crippen LogP contribution in [0.4, 0.5) is 0 Å². The molecule has 2 aliphatic carbocycles. The highest BCUT2D eigenvalue weighted by molar-refractivity contribution is 5.37. The highest BCUT2D eigenvalue weighted by atomic mass is 16.4. The Morgan fingerprint density at radius 2 is 1.07 bits per heavy atom. The molecule has 0 radical (unpaired) electrons. The van der Waals surface area contributed by atoms with Crippen molar-refractivity contribution in [1.82, 2.24) is 0 Å². The fraction of sp³-hybridized carbons (Fsp3) is 0.0769. The van der Waals surface area contributed by atoms with E-state index >= 15 is 0 Å². The number of nitrogens with two attached hydrogens (primary N) is 1. The molecule has 0 spiro atoms. The number of hydrogen-bond acceptors (Lipinski definition) is 2. The average molecular weight is 201 g/mol. The van der Waals surface area contributed by atoms with Crippen molar-refractivity contribution in [2.75, 3.05) is 0 Å². The summed E-state index contributed by atoms with van der Waals surface area (Å²) in [7, 11) is 0. The van der Waals surface area contributed by atoms with E-state index in [0.29, 0.717) is 0 Å². The fourth-order valence-electron chi connectivity index (χ4n) is 1.34. The van der Waals surface area contributed by atoms with Crippen LogP contribution < -0.4 is 5.90 Å². The molecule has 0 saturated carbocycles. The van der Waals surface area contributed by atoms with E-state index in [0.717, 1.165) is 0 Å². The van der Waals surface area contributed by atoms with Crippen molar-refractivity contribution >= 4 is 0 Å². The number of hydrogen-bond donors (Lipinski definition) is 2. The summed E-state index contributed by atoms with van der Waals surface area (Å²) in [5, 5.41) is 6.50. The van der Waals surface area contributed by atoms with Crippen molar-refractivity contribution < 1.29 is 5.21 Å². The SMILES string of the molecule is NO.c1cc2cc(c1)C2.c1ccccc1. The van der Waals surface area contributed by atoms with E-state index in [2.05, 4.69) is 30.2 Å². The van der Waals surface area contributed by atoms with Crippen molar-refractivity contribution in [3.05, 3.63) is 71.8 Å². The minimum absolute atomic E-state index is 1.22. The molecule has 78 valence electrons. The van der Waals surface area contributed by atoms with E-state index in [4.69, 9.17) is 5.21 Å². The maximum Gasteiger partial charge on any atom is -0.00256 e. The molecule has 2 aromatic carbocycles. The molecule has 3 N–H and O–H groups in total. The summed E-state index contributed by atoms with van der Waals surface area (Å²) in [5.41, 5.74) is 2.97. The van der Waals surface area contributed by atoms with E-state index < -0.39 is 0 Å². The first kappa shape index (κ1) is 11.4. The zero-order valence-electron chi connectivity index (χ0n) is 8.51. The molecule has 2 bridgehead atoms. The number of benzene rings is 2. The van der Waals surface area contributed by atoms with Crippen LogP contribution in [0.1, 0.15) is 11.1 Å². The predicted octanol–water partition coefficient (Wildman–Crippen LogP) is 2.61. The summed E-state index contributed by atoms with van der Waals surface area (Å²) in [4.78, 5) is 0. The summed E-state index contributed by atoms with van der Waals surface area (Å²) in [6.45, 7) is 0. The van der Waals surface area contributed by atoms with Crippen LogP contribution in [0.5, 0.6) is 0 Å². The summed E-state index contributed by atoms with van der Waals surface area (Å²) < 4.78 is 0. The standard InChI is InChI=1S/C7H6.C6H6.H3NO/c1-2-6-4-7(3-1)5-6;1-2-4-6-5-3-1;1-2/h1-4H,5H2;1-6H;2H,1H2. The molecule has 2 nitrogen and oxygen atoms in total. The van der Waals surface area contributed by atoms with E-state index in [1.165, 1.54) is 17.5 Å². The molecule has 2 aliphatic rings. The second-order valence-electron chi connectivity index (χ2n) is 3.15. The van der Waals surface area contributed by atoms with Gasteiger partial charge in [-0.25, -0.2) is 5.90 Å². The van der Waals surface area contributed by atoms with Gasteiger partial charge >= 0.3 is 0 Å². The average Bonchev–Trinajstić information content (AvgIpc) is 2.35. The van der Waals surface area contributed by atoms with Crippen LogP contribution in [0.15, 0.2) is 60.7 Å². The smallest absolute Gasteiger partial charge is 0.00256 e. The maximum absolute atomic E-state index is 6.50. The topological polar surface area (TPSA) is 46.2 Å². The zero-order chi connectivity index (χ0) is 10.9. The van der Waals surface area contributed by atoms with E-state index in [1.54, 1.807) is 0 Å². The molecule has 2 heteroatoms. The van der Waals surface area contributed by atoms with Crippen molar-refractivity contribution in [3.8, 4) is 0 Å². The highest BCUT2D eigenvalue weighted by Crippen LogP contribution is 2.18. The maximum atomic E-state index is 6.50. The normalized spacial score (nSPS) is 9.73. The third-order valence-corrected chi connectivity index (χ3v) is 2.07. The molecule has 0 atom stereocenters. The van der Waals surface area contributed by atoms with Gasteiger partial charge in [0.1, 0.15) is 0 Å². The molecule has 0 unspecified atom stereocenters. The van der Waals surface area contributed by atoms with Gasteiger partial charge in [0.2, 0.25) is 0 Å². The second kappa shape index (κ2) is 6.76. The Labute approximate surface area is 89.9 Å². The van der Waals surface area contributed by atoms with Gasteiger partial charge in [-0.3, -0.25) is 0 Å². The largest absolute Gasteiger partial charge is 0.320 e. The lowest BCUT2D eigenvalue weighted by molar-refractivity contribution is 0.311. The monoisotopic (exact) mass is 201 g/mol. The van der Waals surface area contributed by atoms with E-state index in [9.17, 15) is 0 Å². The van der Waals surface area contributed by atoms with Crippen LogP contribution in [-0.4, -0.2) is 5.21 Å². The Kier molecular flexibility index (Phi) is 5.15. The summed E-state index contributed by atoms with van der Waals surface area (Å²) in [6, 6.07) is 20.6. The van der Waals surface area contributed by atoms with E-state index in [1.807, 2.05) is 36.4 Å². The lowest BCUT2D eigenvalue weighted by Gasteiger charge is -2.11. The molecule has 0 saturated heterocycles. The lowest BCUT2D eigenvalue weighted by Crippen LogP contribution is -1.97. The van der Waals surface area contributed by atoms with Gasteiger partial charge in [-0.1, -0.05) is 60.7 Å². The zero-order valence-corrected chi connectivity index (χ0v) is 8.51. The molecule has 15 heavy (non-hydrogen) atoms. The van der Waals surface area contributed by atoms with Crippen LogP contribution >= 0.6 is 0 Å². The van der Waals surface area contributed by atoms with Crippen molar-refractivity contribution in [2.45, 2.75) is 6.42 Å². The quantitative estimate of drug-likeness (QED) is 0.549. The highest BCUT2D eigenvalue weighted by Gasteiger charge is 2.04. The van der Waals surface area contributed by atoms with Gasteiger partial charge < -0.3 is 5.21 Å². The Hall–Kier alpha value is -1.64. The molecule has 0 aromatic heterocycles. The summed E-state index contributed by atoms with van der Waals surface area (Å²) in [5.74, 6) is 3.50. The van der Waals surface area contributed by atoms with Crippen LogP contribution in [0.2, 0.25) is 0 Å². The fourth-order valence-corrected chi connectivity index (χ4v) is 1.34. The van der Waals surface area contributed by atoms with Gasteiger partial charge in [0, 0.05) is 0 Å². The van der Waals surface area contributed by atoms with Gasteiger partial charge in [0.05, 0.1) is 0 Å². The lowest BCUT2D eigenvalue weighted by atomic mass is 9.94. The van der Waals surface area contributed by atoms with Crippen LogP contribution in [-0.2, 0) is 6.42 Å². The third kappa shape index (κ3) is 3.94. The first-order valence-corrected chi connectivity index (χ1v) is 4.79. The molecule has 2 aromatic rings. The molecule has 4 rings (SSSR count). The van der Waals surface area contributed by atoms with Gasteiger partial charge in [0.15, 0.2) is 0 Å². The molecular formula is C13H15NO. The number of rotatable bonds is 0. The van der Waals surface area contributed by atoms with Crippen LogP contribution in [0.25, 0.3) is 0 Å². The van der Waals surface area contributed by atoms with Gasteiger partial charge in [0.25, 0.3) is 0 Å². The minimum atomic E-state index is 1.22. The first-order chi connectivity index (χ1) is 7.45. The van der Waals surface area contributed by atoms with Gasteiger partial charge in [-0.2, -0.15) is 0 Å². The first-order valence-electron chi connectivity index (χ1n) is 4.79. The molecule has 0 heterocycles. The Balaban J connectivity index is 0.000000131. The summed E-state index contributed by atoms with van der Waals surface area (Å²) in [6.07, 6.45) is 1.22. The Morgan fingerprint density at radius 3 is 1.20 bits per heavy atom. The Morgan fingerprint density at radius 1 is 0.733 bits per heavy atom. The van der Waals surface area contributed by atoms with Crippen molar-refractivity contribution in [2.24, 2.45) is 5.90 Å². The Bertz CT molecular complexity index is 322. The minimum Gasteiger partial charge on any atom is -0.320 e. The summed E-state index contributed by atoms with van der Waals surface area (Å²) >= 11 is 0.